The molecule has 5 nitrogen and oxygen atoms in total. The fraction of sp³-hybridized carbons (Fsp3) is 0.450. The third kappa shape index (κ3) is 5.74. The van der Waals surface area contributed by atoms with Crippen LogP contribution in [0.25, 0.3) is 0 Å². The third-order valence-electron chi connectivity index (χ3n) is 4.72. The van der Waals surface area contributed by atoms with Crippen molar-refractivity contribution in [1.82, 2.24) is 15.5 Å². The Balaban J connectivity index is 0.00000243. The summed E-state index contributed by atoms with van der Waals surface area (Å²) in [6.45, 7) is 5.89. The van der Waals surface area contributed by atoms with Crippen molar-refractivity contribution in [1.29, 1.82) is 0 Å². The number of likely N-dealkylation sites (tertiary alicyclic amines) is 1. The summed E-state index contributed by atoms with van der Waals surface area (Å²) in [6, 6.07) is 12.8. The van der Waals surface area contributed by atoms with Gasteiger partial charge in [-0.2, -0.15) is 0 Å². The first-order valence-electron chi connectivity index (χ1n) is 9.04. The fourth-order valence-corrected chi connectivity index (χ4v) is 3.25. The van der Waals surface area contributed by atoms with Crippen LogP contribution in [0.4, 0.5) is 0 Å². The van der Waals surface area contributed by atoms with Crippen molar-refractivity contribution < 1.29 is 4.42 Å². The lowest BCUT2D eigenvalue weighted by Gasteiger charge is -2.26. The van der Waals surface area contributed by atoms with Gasteiger partial charge < -0.3 is 15.1 Å². The standard InChI is InChI=1S/C20H28N4O.HI/c1-16-7-9-17(10-8-16)14-22-20(21-2)23-15-18(19-6-5-13-25-19)24-11-3-4-12-24;/h5-10,13,18H,3-4,11-12,14-15H2,1-2H3,(H2,21,22,23);1H. The van der Waals surface area contributed by atoms with Crippen LogP contribution in [0.1, 0.15) is 35.8 Å². The van der Waals surface area contributed by atoms with Crippen molar-refractivity contribution in [3.05, 3.63) is 59.5 Å². The number of aryl methyl sites for hydroxylation is 1. The lowest BCUT2D eigenvalue weighted by molar-refractivity contribution is 0.215. The minimum atomic E-state index is 0. The minimum Gasteiger partial charge on any atom is -0.468 e. The van der Waals surface area contributed by atoms with Gasteiger partial charge in [0.15, 0.2) is 5.96 Å². The molecule has 0 saturated carbocycles. The number of halogens is 1. The van der Waals surface area contributed by atoms with E-state index in [2.05, 4.69) is 57.8 Å². The largest absolute Gasteiger partial charge is 0.468 e. The van der Waals surface area contributed by atoms with Gasteiger partial charge in [0.2, 0.25) is 0 Å². The number of nitrogens with zero attached hydrogens (tertiary/aromatic N) is 2. The van der Waals surface area contributed by atoms with Crippen molar-refractivity contribution in [3.63, 3.8) is 0 Å². The number of furan rings is 1. The number of benzene rings is 1. The molecule has 26 heavy (non-hydrogen) atoms. The molecule has 1 aromatic carbocycles. The first kappa shape index (κ1) is 20.8. The van der Waals surface area contributed by atoms with Crippen LogP contribution < -0.4 is 10.6 Å². The second kappa shape index (κ2) is 10.6. The average molecular weight is 468 g/mol. The molecule has 0 spiro atoms. The molecule has 0 amide bonds. The SMILES string of the molecule is CN=C(NCc1ccc(C)cc1)NCC(c1ccco1)N1CCCC1.I. The summed E-state index contributed by atoms with van der Waals surface area (Å²) in [5, 5.41) is 6.84. The average Bonchev–Trinajstić information content (AvgIpc) is 3.33. The topological polar surface area (TPSA) is 52.8 Å². The molecule has 0 aliphatic carbocycles. The van der Waals surface area contributed by atoms with E-state index in [4.69, 9.17) is 4.42 Å². The number of hydrogen-bond acceptors (Lipinski definition) is 3. The molecular weight excluding hydrogens is 439 g/mol. The van der Waals surface area contributed by atoms with E-state index in [9.17, 15) is 0 Å². The highest BCUT2D eigenvalue weighted by Gasteiger charge is 2.25. The van der Waals surface area contributed by atoms with Crippen LogP contribution in [0.3, 0.4) is 0 Å². The fourth-order valence-electron chi connectivity index (χ4n) is 3.25. The van der Waals surface area contributed by atoms with Gasteiger partial charge in [0.05, 0.1) is 12.3 Å². The van der Waals surface area contributed by atoms with Gasteiger partial charge in [0.1, 0.15) is 5.76 Å². The highest BCUT2D eigenvalue weighted by Crippen LogP contribution is 2.24. The van der Waals surface area contributed by atoms with E-state index in [0.717, 1.165) is 37.9 Å². The Kier molecular flexibility index (Phi) is 8.44. The van der Waals surface area contributed by atoms with Crippen molar-refractivity contribution in [2.45, 2.75) is 32.4 Å². The molecule has 3 rings (SSSR count). The highest BCUT2D eigenvalue weighted by atomic mass is 127. The second-order valence-electron chi connectivity index (χ2n) is 6.57. The molecular formula is C20H29IN4O. The summed E-state index contributed by atoms with van der Waals surface area (Å²) in [6.07, 6.45) is 4.28. The number of guanidine groups is 1. The van der Waals surface area contributed by atoms with Gasteiger partial charge in [-0.05, 0) is 50.6 Å². The van der Waals surface area contributed by atoms with Gasteiger partial charge in [-0.15, -0.1) is 24.0 Å². The van der Waals surface area contributed by atoms with Crippen molar-refractivity contribution in [2.75, 3.05) is 26.7 Å². The smallest absolute Gasteiger partial charge is 0.191 e. The van der Waals surface area contributed by atoms with Gasteiger partial charge in [-0.25, -0.2) is 0 Å². The van der Waals surface area contributed by atoms with E-state index < -0.39 is 0 Å². The Labute approximate surface area is 173 Å². The molecule has 0 bridgehead atoms. The van der Waals surface area contributed by atoms with Crippen molar-refractivity contribution >= 4 is 29.9 Å². The zero-order valence-corrected chi connectivity index (χ0v) is 17.9. The zero-order valence-electron chi connectivity index (χ0n) is 15.6. The Morgan fingerprint density at radius 1 is 1.15 bits per heavy atom. The van der Waals surface area contributed by atoms with Gasteiger partial charge in [-0.1, -0.05) is 29.8 Å². The van der Waals surface area contributed by atoms with E-state index in [-0.39, 0.29) is 30.0 Å². The third-order valence-corrected chi connectivity index (χ3v) is 4.72. The summed E-state index contributed by atoms with van der Waals surface area (Å²) < 4.78 is 5.67. The monoisotopic (exact) mass is 468 g/mol. The molecule has 1 atom stereocenters. The molecule has 1 fully saturated rings. The summed E-state index contributed by atoms with van der Waals surface area (Å²) in [5.41, 5.74) is 2.52. The number of nitrogens with one attached hydrogen (secondary N) is 2. The van der Waals surface area contributed by atoms with Crippen LogP contribution in [0.5, 0.6) is 0 Å². The van der Waals surface area contributed by atoms with E-state index in [1.807, 2.05) is 13.1 Å². The maximum atomic E-state index is 5.67. The predicted octanol–water partition coefficient (Wildman–Crippen LogP) is 3.71. The molecule has 2 heterocycles. The molecule has 1 aliphatic heterocycles. The molecule has 1 aliphatic rings. The van der Waals surface area contributed by atoms with Crippen molar-refractivity contribution in [3.8, 4) is 0 Å². The van der Waals surface area contributed by atoms with E-state index in [1.54, 1.807) is 6.26 Å². The quantitative estimate of drug-likeness (QED) is 0.386. The normalized spacial score (nSPS) is 16.2. The van der Waals surface area contributed by atoms with Crippen LogP contribution in [0, 0.1) is 6.92 Å². The molecule has 2 aromatic rings. The summed E-state index contributed by atoms with van der Waals surface area (Å²) in [5.74, 6) is 1.83. The van der Waals surface area contributed by atoms with Gasteiger partial charge in [-0.3, -0.25) is 9.89 Å². The van der Waals surface area contributed by atoms with Gasteiger partial charge in [0.25, 0.3) is 0 Å². The molecule has 6 heteroatoms. The van der Waals surface area contributed by atoms with Crippen LogP contribution >= 0.6 is 24.0 Å². The zero-order chi connectivity index (χ0) is 17.5. The molecule has 1 aromatic heterocycles. The van der Waals surface area contributed by atoms with E-state index in [0.29, 0.717) is 0 Å². The second-order valence-corrected chi connectivity index (χ2v) is 6.57. The molecule has 1 unspecified atom stereocenters. The van der Waals surface area contributed by atoms with Gasteiger partial charge >= 0.3 is 0 Å². The number of aliphatic imine (C=N–C) groups is 1. The maximum Gasteiger partial charge on any atom is 0.191 e. The molecule has 1 saturated heterocycles. The lowest BCUT2D eigenvalue weighted by Crippen LogP contribution is -2.42. The maximum absolute atomic E-state index is 5.67. The van der Waals surface area contributed by atoms with Crippen LogP contribution in [-0.4, -0.2) is 37.5 Å². The molecule has 2 N–H and O–H groups in total. The number of rotatable bonds is 6. The van der Waals surface area contributed by atoms with Crippen molar-refractivity contribution in [2.24, 2.45) is 4.99 Å². The summed E-state index contributed by atoms with van der Waals surface area (Å²) >= 11 is 0. The van der Waals surface area contributed by atoms with Gasteiger partial charge in [0, 0.05) is 20.1 Å². The predicted molar refractivity (Wildman–Crippen MR) is 117 cm³/mol. The van der Waals surface area contributed by atoms with Crippen LogP contribution in [0.2, 0.25) is 0 Å². The van der Waals surface area contributed by atoms with Crippen LogP contribution in [-0.2, 0) is 6.54 Å². The number of hydrogen-bond donors (Lipinski definition) is 2. The summed E-state index contributed by atoms with van der Waals surface area (Å²) in [4.78, 5) is 6.83. The Hall–Kier alpha value is -1.54. The Morgan fingerprint density at radius 3 is 2.50 bits per heavy atom. The highest BCUT2D eigenvalue weighted by molar-refractivity contribution is 14.0. The molecule has 0 radical (unpaired) electrons. The Bertz CT molecular complexity index is 664. The molecule has 142 valence electrons. The minimum absolute atomic E-state index is 0. The first-order chi connectivity index (χ1) is 12.3. The first-order valence-corrected chi connectivity index (χ1v) is 9.04. The van der Waals surface area contributed by atoms with Crippen LogP contribution in [0.15, 0.2) is 52.1 Å². The summed E-state index contributed by atoms with van der Waals surface area (Å²) in [7, 11) is 1.81. The van der Waals surface area contributed by atoms with E-state index in [1.165, 1.54) is 24.0 Å². The van der Waals surface area contributed by atoms with E-state index >= 15 is 0 Å². The lowest BCUT2D eigenvalue weighted by atomic mass is 10.1. The Morgan fingerprint density at radius 2 is 1.88 bits per heavy atom.